The molecule has 0 radical (unpaired) electrons. The minimum Gasteiger partial charge on any atom is -0.322 e. The van der Waals surface area contributed by atoms with E-state index in [1.54, 1.807) is 24.3 Å². The van der Waals surface area contributed by atoms with Crippen molar-refractivity contribution in [3.63, 3.8) is 0 Å². The molecule has 2 aliphatic heterocycles. The second kappa shape index (κ2) is 9.92. The van der Waals surface area contributed by atoms with Crippen LogP contribution in [-0.4, -0.2) is 68.1 Å². The summed E-state index contributed by atoms with van der Waals surface area (Å²) in [7, 11) is -3.66. The summed E-state index contributed by atoms with van der Waals surface area (Å²) in [6.45, 7) is 5.18. The Hall–Kier alpha value is -3.28. The van der Waals surface area contributed by atoms with Gasteiger partial charge in [0.25, 0.3) is 5.91 Å². The number of sulfonamides is 1. The number of piperazine rings is 1. The van der Waals surface area contributed by atoms with Crippen LogP contribution in [0.4, 0.5) is 11.4 Å². The molecule has 0 aromatic heterocycles. The molecule has 3 amide bonds. The zero-order chi connectivity index (χ0) is 24.3. The molecule has 34 heavy (non-hydrogen) atoms. The van der Waals surface area contributed by atoms with Gasteiger partial charge in [-0.3, -0.25) is 19.8 Å². The average molecular weight is 486 g/mol. The van der Waals surface area contributed by atoms with Crippen LogP contribution in [0.2, 0.25) is 0 Å². The SMILES string of the molecule is CCN1CCN(S(=O)(=O)c2cccc(NC(=O)c3ccc(N4NC(=O)CCC4=O)cc3)c2)CC1. The topological polar surface area (TPSA) is 119 Å². The number of nitrogens with one attached hydrogen (secondary N) is 2. The molecule has 0 unspecified atom stereocenters. The number of benzene rings is 2. The molecule has 0 spiro atoms. The van der Waals surface area contributed by atoms with Crippen molar-refractivity contribution in [1.29, 1.82) is 0 Å². The first-order valence-corrected chi connectivity index (χ1v) is 12.6. The minimum atomic E-state index is -3.66. The highest BCUT2D eigenvalue weighted by atomic mass is 32.2. The quantitative estimate of drug-likeness (QED) is 0.639. The fourth-order valence-electron chi connectivity index (χ4n) is 3.92. The fourth-order valence-corrected chi connectivity index (χ4v) is 5.39. The van der Waals surface area contributed by atoms with Crippen LogP contribution in [0.1, 0.15) is 30.1 Å². The smallest absolute Gasteiger partial charge is 0.255 e. The highest BCUT2D eigenvalue weighted by molar-refractivity contribution is 7.89. The third-order valence-electron chi connectivity index (χ3n) is 5.95. The van der Waals surface area contributed by atoms with E-state index in [9.17, 15) is 22.8 Å². The molecule has 10 nitrogen and oxygen atoms in total. The molecule has 11 heteroatoms. The zero-order valence-corrected chi connectivity index (χ0v) is 19.7. The van der Waals surface area contributed by atoms with Gasteiger partial charge in [-0.05, 0) is 49.0 Å². The summed E-state index contributed by atoms with van der Waals surface area (Å²) in [6, 6.07) is 12.4. The van der Waals surface area contributed by atoms with Gasteiger partial charge < -0.3 is 10.2 Å². The number of carbonyl (C=O) groups is 3. The molecule has 0 saturated carbocycles. The van der Waals surface area contributed by atoms with Crippen LogP contribution in [0.25, 0.3) is 0 Å². The van der Waals surface area contributed by atoms with E-state index < -0.39 is 15.9 Å². The Bertz CT molecular complexity index is 1190. The first-order valence-electron chi connectivity index (χ1n) is 11.1. The lowest BCUT2D eigenvalue weighted by Crippen LogP contribution is -2.50. The van der Waals surface area contributed by atoms with E-state index in [-0.39, 0.29) is 29.6 Å². The Morgan fingerprint density at radius 2 is 1.71 bits per heavy atom. The maximum atomic E-state index is 13.1. The molecule has 2 N–H and O–H groups in total. The number of rotatable bonds is 6. The van der Waals surface area contributed by atoms with E-state index in [4.69, 9.17) is 0 Å². The molecule has 0 aliphatic carbocycles. The van der Waals surface area contributed by atoms with Crippen molar-refractivity contribution in [1.82, 2.24) is 14.6 Å². The molecule has 4 rings (SSSR count). The van der Waals surface area contributed by atoms with E-state index in [0.29, 0.717) is 43.1 Å². The van der Waals surface area contributed by atoms with Gasteiger partial charge in [-0.25, -0.2) is 13.4 Å². The maximum absolute atomic E-state index is 13.1. The van der Waals surface area contributed by atoms with Gasteiger partial charge in [0.1, 0.15) is 0 Å². The summed E-state index contributed by atoms with van der Waals surface area (Å²) in [5.74, 6) is -0.902. The van der Waals surface area contributed by atoms with Gasteiger partial charge in [0.2, 0.25) is 21.8 Å². The third-order valence-corrected chi connectivity index (χ3v) is 7.84. The van der Waals surface area contributed by atoms with Crippen LogP contribution in [0.5, 0.6) is 0 Å². The monoisotopic (exact) mass is 485 g/mol. The molecule has 180 valence electrons. The average Bonchev–Trinajstić information content (AvgIpc) is 2.86. The summed E-state index contributed by atoms with van der Waals surface area (Å²) in [5, 5.41) is 3.89. The standard InChI is InChI=1S/C23H27N5O5S/c1-2-26-12-14-27(15-13-26)34(32,33)20-5-3-4-18(16-20)24-23(31)17-6-8-19(9-7-17)28-22(30)11-10-21(29)25-28/h3-9,16H,2,10-15H2,1H3,(H,24,31)(H,25,29). The Morgan fingerprint density at radius 1 is 1.00 bits per heavy atom. The molecule has 0 bridgehead atoms. The van der Waals surface area contributed by atoms with E-state index in [1.165, 1.54) is 33.6 Å². The predicted molar refractivity (Wildman–Crippen MR) is 127 cm³/mol. The number of likely N-dealkylation sites (N-methyl/N-ethyl adjacent to an activating group) is 1. The molecular weight excluding hydrogens is 458 g/mol. The van der Waals surface area contributed by atoms with Crippen LogP contribution in [0.15, 0.2) is 53.4 Å². The lowest BCUT2D eigenvalue weighted by Gasteiger charge is -2.33. The molecule has 2 saturated heterocycles. The van der Waals surface area contributed by atoms with Crippen LogP contribution >= 0.6 is 0 Å². The molecule has 2 aliphatic rings. The van der Waals surface area contributed by atoms with E-state index >= 15 is 0 Å². The number of anilines is 2. The number of carbonyl (C=O) groups excluding carboxylic acids is 3. The lowest BCUT2D eigenvalue weighted by atomic mass is 10.1. The minimum absolute atomic E-state index is 0.127. The predicted octanol–water partition coefficient (Wildman–Crippen LogP) is 1.42. The number of hydrazine groups is 1. The van der Waals surface area contributed by atoms with Gasteiger partial charge in [-0.15, -0.1) is 0 Å². The Balaban J connectivity index is 1.44. The second-order valence-electron chi connectivity index (χ2n) is 8.13. The Labute approximate surface area is 198 Å². The van der Waals surface area contributed by atoms with Crippen molar-refractivity contribution in [3.8, 4) is 0 Å². The van der Waals surface area contributed by atoms with Gasteiger partial charge in [-0.2, -0.15) is 4.31 Å². The van der Waals surface area contributed by atoms with Crippen molar-refractivity contribution >= 4 is 39.1 Å². The fraction of sp³-hybridized carbons (Fsp3) is 0.348. The van der Waals surface area contributed by atoms with E-state index in [0.717, 1.165) is 6.54 Å². The van der Waals surface area contributed by atoms with Crippen molar-refractivity contribution in [2.75, 3.05) is 43.0 Å². The first-order chi connectivity index (χ1) is 16.3. The Morgan fingerprint density at radius 3 is 2.38 bits per heavy atom. The highest BCUT2D eigenvalue weighted by Crippen LogP contribution is 2.22. The number of nitrogens with zero attached hydrogens (tertiary/aromatic N) is 3. The first kappa shape index (κ1) is 23.9. The summed E-state index contributed by atoms with van der Waals surface area (Å²) in [6.07, 6.45) is 0.279. The lowest BCUT2D eigenvalue weighted by molar-refractivity contribution is -0.130. The van der Waals surface area contributed by atoms with Gasteiger partial charge in [0, 0.05) is 50.3 Å². The Kier molecular flexibility index (Phi) is 6.96. The summed E-state index contributed by atoms with van der Waals surface area (Å²) in [4.78, 5) is 38.7. The van der Waals surface area contributed by atoms with Crippen molar-refractivity contribution < 1.29 is 22.8 Å². The molecular formula is C23H27N5O5S. The van der Waals surface area contributed by atoms with Crippen LogP contribution in [0, 0.1) is 0 Å². The van der Waals surface area contributed by atoms with Crippen LogP contribution in [0.3, 0.4) is 0 Å². The number of hydrogen-bond donors (Lipinski definition) is 2. The van der Waals surface area contributed by atoms with Gasteiger partial charge in [0.05, 0.1) is 10.6 Å². The molecule has 2 aromatic rings. The molecule has 2 fully saturated rings. The van der Waals surface area contributed by atoms with E-state index in [2.05, 4.69) is 22.6 Å². The molecule has 0 atom stereocenters. The van der Waals surface area contributed by atoms with Gasteiger partial charge >= 0.3 is 0 Å². The van der Waals surface area contributed by atoms with Gasteiger partial charge in [0.15, 0.2) is 0 Å². The molecule has 2 heterocycles. The number of hydrogen-bond acceptors (Lipinski definition) is 6. The summed E-state index contributed by atoms with van der Waals surface area (Å²) >= 11 is 0. The van der Waals surface area contributed by atoms with Crippen molar-refractivity contribution in [2.45, 2.75) is 24.7 Å². The largest absolute Gasteiger partial charge is 0.322 e. The highest BCUT2D eigenvalue weighted by Gasteiger charge is 2.28. The summed E-state index contributed by atoms with van der Waals surface area (Å²) < 4.78 is 27.6. The third kappa shape index (κ3) is 5.11. The van der Waals surface area contributed by atoms with Crippen molar-refractivity contribution in [2.24, 2.45) is 0 Å². The second-order valence-corrected chi connectivity index (χ2v) is 10.1. The zero-order valence-electron chi connectivity index (χ0n) is 18.9. The van der Waals surface area contributed by atoms with Crippen molar-refractivity contribution in [3.05, 3.63) is 54.1 Å². The molecule has 2 aromatic carbocycles. The van der Waals surface area contributed by atoms with Gasteiger partial charge in [-0.1, -0.05) is 13.0 Å². The summed E-state index contributed by atoms with van der Waals surface area (Å²) in [5.41, 5.74) is 3.64. The van der Waals surface area contributed by atoms with Crippen LogP contribution < -0.4 is 15.8 Å². The maximum Gasteiger partial charge on any atom is 0.255 e. The normalized spacial score (nSPS) is 18.0. The van der Waals surface area contributed by atoms with E-state index in [1.807, 2.05) is 0 Å². The van der Waals surface area contributed by atoms with Crippen LogP contribution in [-0.2, 0) is 19.6 Å². The number of amides is 3.